The molecule has 0 unspecified atom stereocenters. The summed E-state index contributed by atoms with van der Waals surface area (Å²) in [5.74, 6) is -1.79. The lowest BCUT2D eigenvalue weighted by atomic mass is 9.93. The number of nitrogens with two attached hydrogens (primary N) is 1. The number of urea groups is 1. The van der Waals surface area contributed by atoms with Crippen molar-refractivity contribution < 1.29 is 42.2 Å². The topological polar surface area (TPSA) is 149 Å². The molecule has 4 aliphatic rings. The Hall–Kier alpha value is -4.24. The van der Waals surface area contributed by atoms with Gasteiger partial charge in [0, 0.05) is 63.5 Å². The summed E-state index contributed by atoms with van der Waals surface area (Å²) in [5.41, 5.74) is 5.73. The lowest BCUT2D eigenvalue weighted by Gasteiger charge is -2.42. The lowest BCUT2D eigenvalue weighted by Crippen LogP contribution is -2.53. The fraction of sp³-hybridized carbons (Fsp3) is 0.556. The molecule has 12 nitrogen and oxygen atoms in total. The van der Waals surface area contributed by atoms with E-state index in [-0.39, 0.29) is 48.2 Å². The van der Waals surface area contributed by atoms with Crippen molar-refractivity contribution >= 4 is 47.0 Å². The molecule has 2 aromatic rings. The lowest BCUT2D eigenvalue weighted by molar-refractivity contribution is -0.144. The van der Waals surface area contributed by atoms with Gasteiger partial charge in [0.05, 0.1) is 22.2 Å². The largest absolute Gasteiger partial charge is 0.481 e. The molecule has 4 N–H and O–H groups in total. The van der Waals surface area contributed by atoms with Crippen LogP contribution in [-0.2, 0) is 33.3 Å². The second kappa shape index (κ2) is 15.8. The molecular weight excluding hydrogens is 705 g/mol. The molecule has 4 heterocycles. The van der Waals surface area contributed by atoms with E-state index in [4.69, 9.17) is 22.1 Å². The fourth-order valence-corrected chi connectivity index (χ4v) is 8.15. The minimum absolute atomic E-state index is 0.0347. The number of fused-ring (bicyclic) bond motifs is 1. The SMILES string of the molecule is Nc1c(Cl)cc(C[C@@H](OC(=O)N2CCC(N3CCc4ccccc4NC3=O)CC2)C(=O)N2CCC(N3CCC[C@@H](C(=O)O)C3)CC2)cc1C(F)(F)F. The normalized spacial score (nSPS) is 21.6. The summed E-state index contributed by atoms with van der Waals surface area (Å²) in [7, 11) is 0. The van der Waals surface area contributed by atoms with Crippen LogP contribution in [0.15, 0.2) is 36.4 Å². The van der Waals surface area contributed by atoms with Gasteiger partial charge < -0.3 is 35.6 Å². The molecule has 0 aromatic heterocycles. The van der Waals surface area contributed by atoms with E-state index in [1.807, 2.05) is 24.3 Å². The van der Waals surface area contributed by atoms with Crippen molar-refractivity contribution in [2.45, 2.75) is 75.7 Å². The van der Waals surface area contributed by atoms with Crippen molar-refractivity contribution in [2.24, 2.45) is 5.92 Å². The van der Waals surface area contributed by atoms with Gasteiger partial charge in [0.1, 0.15) is 0 Å². The zero-order valence-electron chi connectivity index (χ0n) is 28.7. The number of carbonyl (C=O) groups excluding carboxylic acids is 3. The third kappa shape index (κ3) is 8.52. The highest BCUT2D eigenvalue weighted by molar-refractivity contribution is 6.33. The molecule has 0 radical (unpaired) electrons. The van der Waals surface area contributed by atoms with Crippen molar-refractivity contribution in [3.63, 3.8) is 0 Å². The Labute approximate surface area is 305 Å². The summed E-state index contributed by atoms with van der Waals surface area (Å²) in [5, 5.41) is 12.2. The molecule has 3 saturated heterocycles. The Kier molecular flexibility index (Phi) is 11.4. The van der Waals surface area contributed by atoms with Crippen LogP contribution in [0.2, 0.25) is 5.02 Å². The summed E-state index contributed by atoms with van der Waals surface area (Å²) in [4.78, 5) is 59.2. The predicted molar refractivity (Wildman–Crippen MR) is 187 cm³/mol. The number of carboxylic acid groups (broad SMARTS) is 1. The molecule has 0 spiro atoms. The van der Waals surface area contributed by atoms with Gasteiger partial charge in [-0.05, 0) is 80.8 Å². The first-order chi connectivity index (χ1) is 24.8. The van der Waals surface area contributed by atoms with Gasteiger partial charge in [-0.15, -0.1) is 0 Å². The van der Waals surface area contributed by atoms with Crippen molar-refractivity contribution in [3.8, 4) is 0 Å². The van der Waals surface area contributed by atoms with E-state index in [2.05, 4.69) is 10.2 Å². The Morgan fingerprint density at radius 3 is 2.33 bits per heavy atom. The molecule has 0 saturated carbocycles. The van der Waals surface area contributed by atoms with Crippen LogP contribution >= 0.6 is 11.6 Å². The molecule has 4 aliphatic heterocycles. The second-order valence-electron chi connectivity index (χ2n) is 14.1. The molecule has 16 heteroatoms. The molecule has 3 fully saturated rings. The molecule has 4 amide bonds. The first-order valence-corrected chi connectivity index (χ1v) is 18.2. The number of carboxylic acids is 1. The summed E-state index contributed by atoms with van der Waals surface area (Å²) < 4.78 is 47.3. The molecule has 282 valence electrons. The highest BCUT2D eigenvalue weighted by atomic mass is 35.5. The third-order valence-corrected chi connectivity index (χ3v) is 11.1. The van der Waals surface area contributed by atoms with E-state index in [0.29, 0.717) is 64.7 Å². The number of halogens is 4. The number of nitrogen functional groups attached to an aromatic ring is 1. The van der Waals surface area contributed by atoms with Crippen LogP contribution in [0.1, 0.15) is 55.2 Å². The molecular formula is C36H44ClF3N6O6. The molecule has 0 bridgehead atoms. The van der Waals surface area contributed by atoms with Crippen LogP contribution < -0.4 is 11.1 Å². The van der Waals surface area contributed by atoms with Crippen molar-refractivity contribution in [2.75, 3.05) is 56.9 Å². The maximum absolute atomic E-state index is 14.0. The van der Waals surface area contributed by atoms with E-state index >= 15 is 0 Å². The molecule has 2 atom stereocenters. The third-order valence-electron chi connectivity index (χ3n) is 10.8. The van der Waals surface area contributed by atoms with E-state index in [1.54, 1.807) is 9.80 Å². The quantitative estimate of drug-likeness (QED) is 0.322. The fourth-order valence-electron chi connectivity index (χ4n) is 7.91. The number of aliphatic carboxylic acids is 1. The summed E-state index contributed by atoms with van der Waals surface area (Å²) in [6.07, 6.45) is -3.17. The minimum atomic E-state index is -4.80. The molecule has 0 aliphatic carbocycles. The predicted octanol–water partition coefficient (Wildman–Crippen LogP) is 5.33. The number of carbonyl (C=O) groups is 4. The summed E-state index contributed by atoms with van der Waals surface area (Å²) in [6, 6.07) is 9.46. The molecule has 52 heavy (non-hydrogen) atoms. The van der Waals surface area contributed by atoms with Crippen LogP contribution in [0.4, 0.5) is 34.1 Å². The highest BCUT2D eigenvalue weighted by Gasteiger charge is 2.39. The zero-order chi connectivity index (χ0) is 37.2. The van der Waals surface area contributed by atoms with Gasteiger partial charge >= 0.3 is 24.3 Å². The van der Waals surface area contributed by atoms with Gasteiger partial charge in [-0.1, -0.05) is 29.8 Å². The minimum Gasteiger partial charge on any atom is -0.481 e. The van der Waals surface area contributed by atoms with E-state index in [9.17, 15) is 37.5 Å². The van der Waals surface area contributed by atoms with Crippen LogP contribution in [0, 0.1) is 5.92 Å². The van der Waals surface area contributed by atoms with E-state index < -0.39 is 47.4 Å². The monoisotopic (exact) mass is 748 g/mol. The van der Waals surface area contributed by atoms with Gasteiger partial charge in [-0.25, -0.2) is 9.59 Å². The number of nitrogens with zero attached hydrogens (tertiary/aromatic N) is 4. The highest BCUT2D eigenvalue weighted by Crippen LogP contribution is 2.38. The number of ether oxygens (including phenoxy) is 1. The van der Waals surface area contributed by atoms with Gasteiger partial charge in [-0.2, -0.15) is 13.2 Å². The first-order valence-electron chi connectivity index (χ1n) is 17.8. The van der Waals surface area contributed by atoms with Gasteiger partial charge in [0.25, 0.3) is 5.91 Å². The number of anilines is 2. The maximum atomic E-state index is 14.0. The van der Waals surface area contributed by atoms with Crippen molar-refractivity contribution in [1.82, 2.24) is 19.6 Å². The van der Waals surface area contributed by atoms with Gasteiger partial charge in [0.15, 0.2) is 6.10 Å². The average Bonchev–Trinajstić information content (AvgIpc) is 3.30. The maximum Gasteiger partial charge on any atom is 0.418 e. The summed E-state index contributed by atoms with van der Waals surface area (Å²) >= 11 is 6.10. The molecule has 2 aromatic carbocycles. The Balaban J connectivity index is 1.12. The Bertz CT molecular complexity index is 1660. The number of likely N-dealkylation sites (tertiary alicyclic amines) is 3. The van der Waals surface area contributed by atoms with E-state index in [1.165, 1.54) is 11.0 Å². The number of hydrogen-bond acceptors (Lipinski definition) is 7. The van der Waals surface area contributed by atoms with E-state index in [0.717, 1.165) is 30.3 Å². The number of nitrogens with one attached hydrogen (secondary N) is 1. The number of benzene rings is 2. The smallest absolute Gasteiger partial charge is 0.418 e. The van der Waals surface area contributed by atoms with Crippen LogP contribution in [0.3, 0.4) is 0 Å². The standard InChI is InChI=1S/C36H44ClF3N6O6/c37-28-19-22(18-27(31(28)41)36(38,39)40)20-30(32(47)43-13-8-25(9-14-43)45-12-3-5-24(21-45)33(48)49)52-35(51)44-15-10-26(11-16-44)46-17-7-23-4-1-2-6-29(23)42-34(46)50/h1-2,4,6,18-19,24-26,30H,3,5,7-17,20-21,41H2,(H,42,50)(H,48,49)/t24-,30-/m1/s1. The number of para-hydroxylation sites is 1. The number of hydrogen-bond donors (Lipinski definition) is 3. The van der Waals surface area contributed by atoms with Crippen molar-refractivity contribution in [3.05, 3.63) is 58.1 Å². The summed E-state index contributed by atoms with van der Waals surface area (Å²) in [6.45, 7) is 2.88. The van der Waals surface area contributed by atoms with Crippen LogP contribution in [0.25, 0.3) is 0 Å². The van der Waals surface area contributed by atoms with Crippen LogP contribution in [0.5, 0.6) is 0 Å². The first kappa shape index (κ1) is 37.5. The van der Waals surface area contributed by atoms with Gasteiger partial charge in [-0.3, -0.25) is 14.5 Å². The average molecular weight is 749 g/mol. The van der Waals surface area contributed by atoms with Gasteiger partial charge in [0.2, 0.25) is 0 Å². The second-order valence-corrected chi connectivity index (χ2v) is 14.5. The number of rotatable bonds is 7. The number of alkyl halides is 3. The Morgan fingerprint density at radius 2 is 1.63 bits per heavy atom. The Morgan fingerprint density at radius 1 is 0.962 bits per heavy atom. The number of amides is 4. The zero-order valence-corrected chi connectivity index (χ0v) is 29.5. The van der Waals surface area contributed by atoms with Crippen molar-refractivity contribution in [1.29, 1.82) is 0 Å². The van der Waals surface area contributed by atoms with Crippen LogP contribution in [-0.4, -0.2) is 113 Å². The molecule has 6 rings (SSSR count). The number of piperidine rings is 3.